The molecule has 204 valence electrons. The highest BCUT2D eigenvalue weighted by molar-refractivity contribution is 7.49. The quantitative estimate of drug-likeness (QED) is 0.335. The number of hydrogen-bond acceptors (Lipinski definition) is 0. The van der Waals surface area contributed by atoms with E-state index in [0.29, 0.717) is 5.92 Å². The predicted octanol–water partition coefficient (Wildman–Crippen LogP) is 10.4. The summed E-state index contributed by atoms with van der Waals surface area (Å²) < 4.78 is 0. The van der Waals surface area contributed by atoms with E-state index in [9.17, 15) is 0 Å². The van der Waals surface area contributed by atoms with Crippen LogP contribution in [-0.2, 0) is 12.8 Å². The Labute approximate surface area is 239 Å². The number of benzene rings is 2. The van der Waals surface area contributed by atoms with Crippen LogP contribution in [0, 0.1) is 18.8 Å². The monoisotopic (exact) mass is 534 g/mol. The summed E-state index contributed by atoms with van der Waals surface area (Å²) in [5.41, 5.74) is 10.1. The molecule has 1 fully saturated rings. The second-order valence-electron chi connectivity index (χ2n) is 12.4. The van der Waals surface area contributed by atoms with E-state index in [4.69, 9.17) is 0 Å². The Morgan fingerprint density at radius 1 is 0.923 bits per heavy atom. The summed E-state index contributed by atoms with van der Waals surface area (Å²) in [5, 5.41) is 3.03. The van der Waals surface area contributed by atoms with Crippen molar-refractivity contribution in [3.8, 4) is 0 Å². The Bertz CT molecular complexity index is 1280. The molecule has 0 saturated heterocycles. The molecule has 2 aromatic rings. The standard InChI is InChI=1S/C38H47P/c1-5-31-22-23-35-25-34(26-36-29(4)12-9-15-38(36)39-35)37(31)24-28(3)16-17-30-18-20-33(21-19-30)32-13-7-6-10-27(2)11-8-14-32/h5,9,12,15,18-24,27,32,34H,3,6-8,10-11,13-14,16-17,25-26H2,1-2,4H3. The van der Waals surface area contributed by atoms with Gasteiger partial charge in [-0.25, -0.2) is 0 Å². The lowest BCUT2D eigenvalue weighted by atomic mass is 9.83. The Balaban J connectivity index is 1.26. The van der Waals surface area contributed by atoms with Gasteiger partial charge in [0.25, 0.3) is 0 Å². The van der Waals surface area contributed by atoms with E-state index in [1.165, 1.54) is 91.6 Å². The summed E-state index contributed by atoms with van der Waals surface area (Å²) >= 11 is 0. The predicted molar refractivity (Wildman–Crippen MR) is 174 cm³/mol. The van der Waals surface area contributed by atoms with Gasteiger partial charge in [-0.3, -0.25) is 0 Å². The number of fused-ring (bicyclic) bond motifs is 3. The molecule has 1 heteroatoms. The van der Waals surface area contributed by atoms with Crippen LogP contribution in [0.3, 0.4) is 0 Å². The molecule has 0 spiro atoms. The molecular weight excluding hydrogens is 487 g/mol. The van der Waals surface area contributed by atoms with Crippen LogP contribution in [0.25, 0.3) is 0 Å². The zero-order valence-corrected chi connectivity index (χ0v) is 25.4. The Kier molecular flexibility index (Phi) is 9.57. The van der Waals surface area contributed by atoms with Gasteiger partial charge >= 0.3 is 0 Å². The van der Waals surface area contributed by atoms with E-state index in [1.807, 2.05) is 0 Å². The zero-order chi connectivity index (χ0) is 27.2. The maximum atomic E-state index is 4.54. The molecular formula is C38H47P. The molecule has 2 aromatic carbocycles. The van der Waals surface area contributed by atoms with Crippen molar-refractivity contribution in [2.24, 2.45) is 11.8 Å². The fraction of sp³-hybridized carbons (Fsp3) is 0.447. The summed E-state index contributed by atoms with van der Waals surface area (Å²) in [6, 6.07) is 16.5. The summed E-state index contributed by atoms with van der Waals surface area (Å²) in [4.78, 5) is 0. The molecule has 2 aliphatic carbocycles. The van der Waals surface area contributed by atoms with Crippen molar-refractivity contribution in [3.63, 3.8) is 0 Å². The minimum atomic E-state index is 0.517. The number of aryl methyl sites for hydroxylation is 2. The van der Waals surface area contributed by atoms with Crippen LogP contribution in [-0.4, -0.2) is 5.29 Å². The highest BCUT2D eigenvalue weighted by atomic mass is 31.1. The molecule has 1 aliphatic heterocycles. The third-order valence-corrected chi connectivity index (χ3v) is 10.7. The van der Waals surface area contributed by atoms with Gasteiger partial charge < -0.3 is 0 Å². The van der Waals surface area contributed by atoms with Crippen molar-refractivity contribution in [2.75, 3.05) is 0 Å². The summed E-state index contributed by atoms with van der Waals surface area (Å²) in [5.74, 6) is 2.18. The van der Waals surface area contributed by atoms with Gasteiger partial charge in [-0.15, -0.1) is 0 Å². The molecule has 0 amide bonds. The van der Waals surface area contributed by atoms with Gasteiger partial charge in [0.05, 0.1) is 0 Å². The van der Waals surface area contributed by atoms with E-state index >= 15 is 0 Å². The van der Waals surface area contributed by atoms with Crippen LogP contribution in [0.2, 0.25) is 0 Å². The van der Waals surface area contributed by atoms with Gasteiger partial charge in [-0.05, 0) is 109 Å². The maximum absolute atomic E-state index is 4.54. The van der Waals surface area contributed by atoms with Gasteiger partial charge in [-0.1, -0.05) is 126 Å². The van der Waals surface area contributed by atoms with Crippen molar-refractivity contribution in [1.82, 2.24) is 0 Å². The molecule has 39 heavy (non-hydrogen) atoms. The van der Waals surface area contributed by atoms with E-state index < -0.39 is 0 Å². The third kappa shape index (κ3) is 7.21. The van der Waals surface area contributed by atoms with Crippen LogP contribution in [0.15, 0.2) is 90.1 Å². The van der Waals surface area contributed by atoms with Crippen molar-refractivity contribution in [3.05, 3.63) is 112 Å². The smallest absolute Gasteiger partial charge is 0.00552 e. The fourth-order valence-electron chi connectivity index (χ4n) is 6.91. The maximum Gasteiger partial charge on any atom is 0.00552 e. The fourth-order valence-corrected chi connectivity index (χ4v) is 8.24. The summed E-state index contributed by atoms with van der Waals surface area (Å²) in [7, 11) is 1.38. The Hall–Kier alpha value is -2.43. The molecule has 3 atom stereocenters. The molecule has 0 nitrogen and oxygen atoms in total. The van der Waals surface area contributed by atoms with Crippen molar-refractivity contribution >= 4 is 18.8 Å². The minimum absolute atomic E-state index is 0.517. The highest BCUT2D eigenvalue weighted by Gasteiger charge is 2.25. The average molecular weight is 535 g/mol. The molecule has 1 saturated carbocycles. The van der Waals surface area contributed by atoms with E-state index in [2.05, 4.69) is 94.1 Å². The van der Waals surface area contributed by atoms with E-state index in [1.54, 1.807) is 11.1 Å². The lowest BCUT2D eigenvalue weighted by molar-refractivity contribution is 0.462. The lowest BCUT2D eigenvalue weighted by Gasteiger charge is -2.21. The minimum Gasteiger partial charge on any atom is -0.0958 e. The molecule has 3 aliphatic rings. The van der Waals surface area contributed by atoms with E-state index in [-0.39, 0.29) is 0 Å². The van der Waals surface area contributed by atoms with Gasteiger partial charge in [0, 0.05) is 5.30 Å². The normalized spacial score (nSPS) is 26.0. The Morgan fingerprint density at radius 2 is 1.69 bits per heavy atom. The highest BCUT2D eigenvalue weighted by Crippen LogP contribution is 2.37. The first-order valence-corrected chi connectivity index (χ1v) is 16.4. The zero-order valence-electron chi connectivity index (χ0n) is 24.5. The number of allylic oxidation sites excluding steroid dienone is 7. The molecule has 0 radical (unpaired) electrons. The van der Waals surface area contributed by atoms with Crippen LogP contribution >= 0.6 is 8.20 Å². The second-order valence-corrected chi connectivity index (χ2v) is 13.7. The molecule has 2 bridgehead atoms. The van der Waals surface area contributed by atoms with Gasteiger partial charge in [0.2, 0.25) is 0 Å². The first-order valence-electron chi connectivity index (χ1n) is 15.5. The van der Waals surface area contributed by atoms with Crippen molar-refractivity contribution in [1.29, 1.82) is 0 Å². The molecule has 5 rings (SSSR count). The summed E-state index contributed by atoms with van der Waals surface area (Å²) in [6.45, 7) is 11.4. The Morgan fingerprint density at radius 3 is 2.51 bits per heavy atom. The van der Waals surface area contributed by atoms with Crippen LogP contribution in [0.5, 0.6) is 0 Å². The van der Waals surface area contributed by atoms with Gasteiger partial charge in [0.15, 0.2) is 0 Å². The van der Waals surface area contributed by atoms with Crippen molar-refractivity contribution in [2.45, 2.75) is 97.3 Å². The molecule has 0 aromatic heterocycles. The summed E-state index contributed by atoms with van der Waals surface area (Å²) in [6.07, 6.45) is 23.5. The third-order valence-electron chi connectivity index (χ3n) is 9.39. The van der Waals surface area contributed by atoms with Crippen LogP contribution in [0.4, 0.5) is 0 Å². The number of hydrogen-bond donors (Lipinski definition) is 0. The largest absolute Gasteiger partial charge is 0.0958 e. The SMILES string of the molecule is C=C(C=C1C(=CC)C=CC2=Pc3cccc(C)c3CC1C2)CCc1ccc(C2CCCCC(C)CCC2)cc1. The second kappa shape index (κ2) is 13.3. The van der Waals surface area contributed by atoms with Gasteiger partial charge in [-0.2, -0.15) is 0 Å². The average Bonchev–Trinajstić information content (AvgIpc) is 3.16. The molecule has 0 N–H and O–H groups in total. The molecule has 3 unspecified atom stereocenters. The lowest BCUT2D eigenvalue weighted by Crippen LogP contribution is -2.13. The number of rotatable bonds is 5. The van der Waals surface area contributed by atoms with Crippen LogP contribution < -0.4 is 5.30 Å². The first kappa shape index (κ1) is 28.1. The molecule has 1 heterocycles. The first-order chi connectivity index (χ1) is 19.0. The van der Waals surface area contributed by atoms with Crippen molar-refractivity contribution < 1.29 is 0 Å². The van der Waals surface area contributed by atoms with Crippen LogP contribution in [0.1, 0.15) is 99.8 Å². The topological polar surface area (TPSA) is 0 Å². The van der Waals surface area contributed by atoms with E-state index in [0.717, 1.165) is 37.5 Å². The van der Waals surface area contributed by atoms with Gasteiger partial charge in [0.1, 0.15) is 0 Å².